The van der Waals surface area contributed by atoms with Crippen LogP contribution in [0.5, 0.6) is 0 Å². The number of rotatable bonds is 4. The Balaban J connectivity index is 5.27. The minimum Gasteiger partial charge on any atom is -0.386 e. The molecule has 1 nitrogen and oxygen atoms in total. The molecule has 2 heteroatoms. The normalized spacial score (nSPS) is 13.6. The first-order valence-corrected chi connectivity index (χ1v) is 9.20. The Morgan fingerprint density at radius 2 is 1.33 bits per heavy atom. The van der Waals surface area contributed by atoms with Gasteiger partial charge in [0.25, 0.3) is 0 Å². The van der Waals surface area contributed by atoms with Gasteiger partial charge in [0.2, 0.25) is 0 Å². The Morgan fingerprint density at radius 1 is 0.944 bits per heavy atom. The van der Waals surface area contributed by atoms with Crippen LogP contribution in [0.25, 0.3) is 0 Å². The molecule has 18 heavy (non-hydrogen) atoms. The van der Waals surface area contributed by atoms with E-state index in [2.05, 4.69) is 53.0 Å². The minimum absolute atomic E-state index is 0.653. The van der Waals surface area contributed by atoms with E-state index in [4.69, 9.17) is 0 Å². The van der Waals surface area contributed by atoms with Gasteiger partial charge >= 0.3 is 0 Å². The molecule has 0 aromatic carbocycles. The Bertz CT molecular complexity index is 313. The molecule has 0 saturated carbocycles. The summed E-state index contributed by atoms with van der Waals surface area (Å²) in [7, 11) is -1.62. The maximum absolute atomic E-state index is 9.63. The molecule has 1 N–H and O–H groups in total. The summed E-state index contributed by atoms with van der Waals surface area (Å²) in [5, 5.41) is 9.63. The third-order valence-corrected chi connectivity index (χ3v) is 10.0. The van der Waals surface area contributed by atoms with Crippen molar-refractivity contribution >= 4 is 8.07 Å². The standard InChI is InChI=1S/C16H30OSi/c1-13(2)18(14(3)4,15(5)6)12-10-9-11-16(7,8)17/h9,11,13-15,17H,1-8H3/b11-9+. The van der Waals surface area contributed by atoms with Crippen LogP contribution in [0.15, 0.2) is 12.2 Å². The van der Waals surface area contributed by atoms with Gasteiger partial charge < -0.3 is 5.11 Å². The van der Waals surface area contributed by atoms with Crippen LogP contribution in [0, 0.1) is 11.5 Å². The lowest BCUT2D eigenvalue weighted by molar-refractivity contribution is 0.133. The lowest BCUT2D eigenvalue weighted by Gasteiger charge is -2.38. The highest BCUT2D eigenvalue weighted by atomic mass is 28.3. The lowest BCUT2D eigenvalue weighted by atomic mass is 10.1. The Labute approximate surface area is 115 Å². The fourth-order valence-corrected chi connectivity index (χ4v) is 8.04. The van der Waals surface area contributed by atoms with E-state index in [1.165, 1.54) is 0 Å². The summed E-state index contributed by atoms with van der Waals surface area (Å²) in [5.74, 6) is 3.20. The molecule has 0 aliphatic rings. The van der Waals surface area contributed by atoms with Crippen LogP contribution in [0.4, 0.5) is 0 Å². The fourth-order valence-electron chi connectivity index (χ4n) is 2.85. The van der Waals surface area contributed by atoms with E-state index in [0.29, 0.717) is 16.6 Å². The van der Waals surface area contributed by atoms with Crippen molar-refractivity contribution in [2.45, 2.75) is 77.6 Å². The molecular weight excluding hydrogens is 236 g/mol. The molecule has 0 fully saturated rings. The van der Waals surface area contributed by atoms with Crippen molar-refractivity contribution in [3.8, 4) is 11.5 Å². The third kappa shape index (κ3) is 4.63. The zero-order chi connectivity index (χ0) is 14.6. The van der Waals surface area contributed by atoms with Gasteiger partial charge in [-0.15, -0.1) is 5.54 Å². The molecule has 104 valence electrons. The second-order valence-corrected chi connectivity index (χ2v) is 12.2. The number of hydrogen-bond acceptors (Lipinski definition) is 1. The van der Waals surface area contributed by atoms with Crippen molar-refractivity contribution < 1.29 is 5.11 Å². The van der Waals surface area contributed by atoms with Crippen molar-refractivity contribution in [2.75, 3.05) is 0 Å². The highest BCUT2D eigenvalue weighted by molar-refractivity contribution is 6.90. The van der Waals surface area contributed by atoms with Gasteiger partial charge in [-0.3, -0.25) is 0 Å². The molecule has 0 rings (SSSR count). The minimum atomic E-state index is -1.62. The average molecular weight is 267 g/mol. The molecule has 0 unspecified atom stereocenters. The predicted molar refractivity (Wildman–Crippen MR) is 84.3 cm³/mol. The second-order valence-electron chi connectivity index (χ2n) is 6.65. The maximum Gasteiger partial charge on any atom is 0.146 e. The molecule has 0 atom stereocenters. The molecular formula is C16H30OSi. The van der Waals surface area contributed by atoms with Crippen molar-refractivity contribution in [3.63, 3.8) is 0 Å². The van der Waals surface area contributed by atoms with E-state index >= 15 is 0 Å². The van der Waals surface area contributed by atoms with Gasteiger partial charge in [0, 0.05) is 0 Å². The van der Waals surface area contributed by atoms with Crippen LogP contribution in [0.2, 0.25) is 16.6 Å². The molecule has 0 aliphatic carbocycles. The van der Waals surface area contributed by atoms with E-state index in [1.54, 1.807) is 19.9 Å². The Hall–Kier alpha value is -0.523. The largest absolute Gasteiger partial charge is 0.386 e. The molecule has 0 bridgehead atoms. The predicted octanol–water partition coefficient (Wildman–Crippen LogP) is 4.53. The average Bonchev–Trinajstić information content (AvgIpc) is 2.13. The molecule has 0 aliphatic heterocycles. The van der Waals surface area contributed by atoms with Crippen LogP contribution in [0.1, 0.15) is 55.4 Å². The van der Waals surface area contributed by atoms with Gasteiger partial charge in [-0.25, -0.2) is 0 Å². The summed E-state index contributed by atoms with van der Waals surface area (Å²) < 4.78 is 0. The van der Waals surface area contributed by atoms with Gasteiger partial charge in [-0.2, -0.15) is 0 Å². The SMILES string of the molecule is CC(C)[Si](C#C/C=C/C(C)(C)O)(C(C)C)C(C)C. The van der Waals surface area contributed by atoms with Crippen LogP contribution in [-0.4, -0.2) is 18.8 Å². The Kier molecular flexibility index (Phi) is 6.40. The van der Waals surface area contributed by atoms with Crippen LogP contribution in [0.3, 0.4) is 0 Å². The first-order valence-electron chi connectivity index (χ1n) is 6.96. The van der Waals surface area contributed by atoms with Crippen molar-refractivity contribution in [3.05, 3.63) is 12.2 Å². The quantitative estimate of drug-likeness (QED) is 0.585. The fraction of sp³-hybridized carbons (Fsp3) is 0.750. The molecule has 0 saturated heterocycles. The van der Waals surface area contributed by atoms with E-state index in [1.807, 2.05) is 6.08 Å². The summed E-state index contributed by atoms with van der Waals surface area (Å²) in [5.41, 5.74) is 4.78. The molecule has 0 amide bonds. The van der Waals surface area contributed by atoms with Gasteiger partial charge in [0.1, 0.15) is 8.07 Å². The van der Waals surface area contributed by atoms with Gasteiger partial charge in [0.05, 0.1) is 5.60 Å². The Morgan fingerprint density at radius 3 is 1.61 bits per heavy atom. The number of aliphatic hydroxyl groups is 1. The van der Waals surface area contributed by atoms with Crippen molar-refractivity contribution in [1.82, 2.24) is 0 Å². The first kappa shape index (κ1) is 17.5. The lowest BCUT2D eigenvalue weighted by Crippen LogP contribution is -2.43. The van der Waals surface area contributed by atoms with Gasteiger partial charge in [-0.05, 0) is 42.6 Å². The number of hydrogen-bond donors (Lipinski definition) is 1. The highest BCUT2D eigenvalue weighted by Crippen LogP contribution is 2.40. The van der Waals surface area contributed by atoms with E-state index < -0.39 is 13.7 Å². The molecule has 0 aromatic heterocycles. The topological polar surface area (TPSA) is 20.2 Å². The van der Waals surface area contributed by atoms with Gasteiger partial charge in [-0.1, -0.05) is 47.5 Å². The van der Waals surface area contributed by atoms with Gasteiger partial charge in [0.15, 0.2) is 0 Å². The summed E-state index contributed by atoms with van der Waals surface area (Å²) in [4.78, 5) is 0. The third-order valence-electron chi connectivity index (χ3n) is 3.73. The molecule has 0 spiro atoms. The molecule has 0 aromatic rings. The van der Waals surface area contributed by atoms with E-state index in [9.17, 15) is 5.11 Å². The number of allylic oxidation sites excluding steroid dienone is 1. The van der Waals surface area contributed by atoms with E-state index in [-0.39, 0.29) is 0 Å². The highest BCUT2D eigenvalue weighted by Gasteiger charge is 2.41. The summed E-state index contributed by atoms with van der Waals surface area (Å²) in [6.07, 6.45) is 3.58. The van der Waals surface area contributed by atoms with Crippen LogP contribution < -0.4 is 0 Å². The van der Waals surface area contributed by atoms with Crippen molar-refractivity contribution in [1.29, 1.82) is 0 Å². The maximum atomic E-state index is 9.63. The van der Waals surface area contributed by atoms with E-state index in [0.717, 1.165) is 0 Å². The van der Waals surface area contributed by atoms with Crippen molar-refractivity contribution in [2.24, 2.45) is 0 Å². The summed E-state index contributed by atoms with van der Waals surface area (Å²) in [6.45, 7) is 17.4. The summed E-state index contributed by atoms with van der Waals surface area (Å²) in [6, 6.07) is 0. The molecule has 0 radical (unpaired) electrons. The monoisotopic (exact) mass is 266 g/mol. The first-order chi connectivity index (χ1) is 8.04. The zero-order valence-electron chi connectivity index (χ0n) is 13.3. The summed E-state index contributed by atoms with van der Waals surface area (Å²) >= 11 is 0. The smallest absolute Gasteiger partial charge is 0.146 e. The molecule has 0 heterocycles. The second kappa shape index (κ2) is 6.59. The van der Waals surface area contributed by atoms with Crippen LogP contribution >= 0.6 is 0 Å². The zero-order valence-corrected chi connectivity index (χ0v) is 14.3. The van der Waals surface area contributed by atoms with Crippen LogP contribution in [-0.2, 0) is 0 Å².